The third-order valence-electron chi connectivity index (χ3n) is 3.06. The van der Waals surface area contributed by atoms with Crippen molar-refractivity contribution in [1.29, 1.82) is 0 Å². The fraction of sp³-hybridized carbons (Fsp3) is 0.636. The molecule has 1 aliphatic heterocycles. The lowest BCUT2D eigenvalue weighted by atomic mass is 10.3. The van der Waals surface area contributed by atoms with E-state index in [1.54, 1.807) is 0 Å². The van der Waals surface area contributed by atoms with Gasteiger partial charge in [0.05, 0.1) is 0 Å². The molecule has 1 aliphatic carbocycles. The zero-order valence-corrected chi connectivity index (χ0v) is 8.82. The maximum Gasteiger partial charge on any atom is 0.225 e. The van der Waals surface area contributed by atoms with E-state index < -0.39 is 0 Å². The van der Waals surface area contributed by atoms with Crippen molar-refractivity contribution in [2.45, 2.75) is 18.8 Å². The molecule has 0 spiro atoms. The van der Waals surface area contributed by atoms with Gasteiger partial charge in [0.1, 0.15) is 0 Å². The summed E-state index contributed by atoms with van der Waals surface area (Å²) >= 11 is 0. The average molecular weight is 204 g/mol. The molecule has 15 heavy (non-hydrogen) atoms. The Balaban J connectivity index is 1.80. The van der Waals surface area contributed by atoms with Crippen LogP contribution in [0.25, 0.3) is 0 Å². The maximum atomic E-state index is 4.65. The summed E-state index contributed by atoms with van der Waals surface area (Å²) in [7, 11) is 0. The lowest BCUT2D eigenvalue weighted by molar-refractivity contribution is 0.579. The summed E-state index contributed by atoms with van der Waals surface area (Å²) in [5.41, 5.74) is 1.23. The van der Waals surface area contributed by atoms with Gasteiger partial charge in [-0.05, 0) is 18.9 Å². The lowest BCUT2D eigenvalue weighted by Crippen LogP contribution is -2.44. The fourth-order valence-electron chi connectivity index (χ4n) is 1.99. The van der Waals surface area contributed by atoms with Gasteiger partial charge >= 0.3 is 0 Å². The lowest BCUT2D eigenvalue weighted by Gasteiger charge is -2.27. The van der Waals surface area contributed by atoms with Crippen LogP contribution in [0.4, 0.5) is 5.95 Å². The predicted molar refractivity (Wildman–Crippen MR) is 59.1 cm³/mol. The number of nitrogens with zero attached hydrogens (tertiary/aromatic N) is 3. The molecule has 3 rings (SSSR count). The molecule has 1 saturated carbocycles. The van der Waals surface area contributed by atoms with Gasteiger partial charge in [0.2, 0.25) is 5.95 Å². The molecule has 1 aromatic heterocycles. The van der Waals surface area contributed by atoms with Crippen molar-refractivity contribution in [2.75, 3.05) is 31.1 Å². The van der Waals surface area contributed by atoms with E-state index in [9.17, 15) is 0 Å². The molecule has 1 N–H and O–H groups in total. The van der Waals surface area contributed by atoms with Gasteiger partial charge in [0.25, 0.3) is 0 Å². The van der Waals surface area contributed by atoms with E-state index in [4.69, 9.17) is 0 Å². The Morgan fingerprint density at radius 1 is 1.27 bits per heavy atom. The Labute approximate surface area is 89.7 Å². The molecule has 0 atom stereocenters. The van der Waals surface area contributed by atoms with Crippen LogP contribution in [0.5, 0.6) is 0 Å². The fourth-order valence-corrected chi connectivity index (χ4v) is 1.99. The van der Waals surface area contributed by atoms with Crippen molar-refractivity contribution in [3.05, 3.63) is 18.0 Å². The quantitative estimate of drug-likeness (QED) is 0.772. The van der Waals surface area contributed by atoms with E-state index in [0.29, 0.717) is 0 Å². The molecule has 0 unspecified atom stereocenters. The predicted octanol–water partition coefficient (Wildman–Crippen LogP) is 0.764. The molecule has 1 saturated heterocycles. The van der Waals surface area contributed by atoms with Crippen LogP contribution in [0.15, 0.2) is 12.3 Å². The monoisotopic (exact) mass is 204 g/mol. The average Bonchev–Trinajstić information content (AvgIpc) is 3.14. The summed E-state index contributed by atoms with van der Waals surface area (Å²) < 4.78 is 0. The Morgan fingerprint density at radius 3 is 2.80 bits per heavy atom. The van der Waals surface area contributed by atoms with Crippen LogP contribution in [0.3, 0.4) is 0 Å². The third kappa shape index (κ3) is 1.95. The first-order valence-corrected chi connectivity index (χ1v) is 5.72. The van der Waals surface area contributed by atoms with Crippen molar-refractivity contribution in [1.82, 2.24) is 15.3 Å². The number of nitrogens with one attached hydrogen (secondary N) is 1. The highest BCUT2D eigenvalue weighted by Gasteiger charge is 2.25. The molecular weight excluding hydrogens is 188 g/mol. The van der Waals surface area contributed by atoms with Gasteiger partial charge in [-0.3, -0.25) is 0 Å². The van der Waals surface area contributed by atoms with Crippen LogP contribution < -0.4 is 10.2 Å². The largest absolute Gasteiger partial charge is 0.338 e. The summed E-state index contributed by atoms with van der Waals surface area (Å²) in [5, 5.41) is 3.34. The minimum absolute atomic E-state index is 0.717. The summed E-state index contributed by atoms with van der Waals surface area (Å²) in [6, 6.07) is 2.06. The minimum atomic E-state index is 0.717. The van der Waals surface area contributed by atoms with E-state index in [1.165, 1.54) is 18.5 Å². The summed E-state index contributed by atoms with van der Waals surface area (Å²) in [5.74, 6) is 1.63. The number of piperazine rings is 1. The second-order valence-electron chi connectivity index (χ2n) is 4.29. The number of rotatable bonds is 2. The normalized spacial score (nSPS) is 21.7. The first kappa shape index (κ1) is 9.09. The van der Waals surface area contributed by atoms with E-state index in [0.717, 1.165) is 38.0 Å². The smallest absolute Gasteiger partial charge is 0.225 e. The van der Waals surface area contributed by atoms with Crippen molar-refractivity contribution in [3.63, 3.8) is 0 Å². The van der Waals surface area contributed by atoms with Crippen LogP contribution >= 0.6 is 0 Å². The highest BCUT2D eigenvalue weighted by atomic mass is 15.3. The number of hydrogen-bond acceptors (Lipinski definition) is 4. The van der Waals surface area contributed by atoms with Crippen LogP contribution in [0.1, 0.15) is 24.5 Å². The van der Waals surface area contributed by atoms with Gasteiger partial charge in [0, 0.05) is 44.0 Å². The van der Waals surface area contributed by atoms with E-state index >= 15 is 0 Å². The van der Waals surface area contributed by atoms with Gasteiger partial charge in [-0.1, -0.05) is 0 Å². The van der Waals surface area contributed by atoms with Gasteiger partial charge in [-0.2, -0.15) is 0 Å². The molecule has 4 nitrogen and oxygen atoms in total. The molecule has 0 aromatic carbocycles. The summed E-state index contributed by atoms with van der Waals surface area (Å²) in [4.78, 5) is 11.3. The van der Waals surface area contributed by atoms with Crippen LogP contribution in [0.2, 0.25) is 0 Å². The van der Waals surface area contributed by atoms with Gasteiger partial charge < -0.3 is 10.2 Å². The molecule has 0 bridgehead atoms. The maximum absolute atomic E-state index is 4.65. The molecule has 2 heterocycles. The number of aromatic nitrogens is 2. The van der Waals surface area contributed by atoms with Gasteiger partial charge in [-0.25, -0.2) is 9.97 Å². The Bertz CT molecular complexity index is 342. The number of hydrogen-bond donors (Lipinski definition) is 1. The zero-order valence-electron chi connectivity index (χ0n) is 8.82. The summed E-state index contributed by atoms with van der Waals surface area (Å²) in [6.45, 7) is 4.12. The minimum Gasteiger partial charge on any atom is -0.338 e. The molecule has 2 fully saturated rings. The van der Waals surface area contributed by atoms with E-state index in [1.807, 2.05) is 6.20 Å². The second kappa shape index (κ2) is 3.77. The highest BCUT2D eigenvalue weighted by molar-refractivity contribution is 5.32. The third-order valence-corrected chi connectivity index (χ3v) is 3.06. The van der Waals surface area contributed by atoms with E-state index in [2.05, 4.69) is 26.3 Å². The molecule has 80 valence electrons. The standard InChI is InChI=1S/C11H16N4/c1-2-9(1)10-3-4-13-11(14-10)15-7-5-12-6-8-15/h3-4,9,12H,1-2,5-8H2. The molecular formula is C11H16N4. The Morgan fingerprint density at radius 2 is 2.07 bits per heavy atom. The zero-order chi connectivity index (χ0) is 10.1. The first-order chi connectivity index (χ1) is 7.43. The second-order valence-corrected chi connectivity index (χ2v) is 4.29. The van der Waals surface area contributed by atoms with Crippen molar-refractivity contribution in [3.8, 4) is 0 Å². The molecule has 0 amide bonds. The van der Waals surface area contributed by atoms with E-state index in [-0.39, 0.29) is 0 Å². The SMILES string of the molecule is c1cc(C2CC2)nc(N2CCNCC2)n1. The molecule has 2 aliphatic rings. The van der Waals surface area contributed by atoms with Crippen molar-refractivity contribution < 1.29 is 0 Å². The summed E-state index contributed by atoms with van der Waals surface area (Å²) in [6.07, 6.45) is 4.51. The van der Waals surface area contributed by atoms with Gasteiger partial charge in [0.15, 0.2) is 0 Å². The number of anilines is 1. The Kier molecular flexibility index (Phi) is 2.29. The van der Waals surface area contributed by atoms with Gasteiger partial charge in [-0.15, -0.1) is 0 Å². The molecule has 1 aromatic rings. The van der Waals surface area contributed by atoms with Crippen LogP contribution in [0, 0.1) is 0 Å². The molecule has 4 heteroatoms. The molecule has 0 radical (unpaired) electrons. The highest BCUT2D eigenvalue weighted by Crippen LogP contribution is 2.39. The van der Waals surface area contributed by atoms with Crippen molar-refractivity contribution in [2.24, 2.45) is 0 Å². The Hall–Kier alpha value is -1.16. The van der Waals surface area contributed by atoms with Crippen LogP contribution in [-0.4, -0.2) is 36.1 Å². The first-order valence-electron chi connectivity index (χ1n) is 5.72. The van der Waals surface area contributed by atoms with Crippen molar-refractivity contribution >= 4 is 5.95 Å². The topological polar surface area (TPSA) is 41.1 Å². The van der Waals surface area contributed by atoms with Crippen LogP contribution in [-0.2, 0) is 0 Å².